The summed E-state index contributed by atoms with van der Waals surface area (Å²) in [6.07, 6.45) is 0.879. The van der Waals surface area contributed by atoms with Gasteiger partial charge in [0.25, 0.3) is 0 Å². The fourth-order valence-electron chi connectivity index (χ4n) is 1.55. The highest BCUT2D eigenvalue weighted by atomic mass is 16.3. The van der Waals surface area contributed by atoms with Crippen LogP contribution in [0.2, 0.25) is 0 Å². The van der Waals surface area contributed by atoms with Crippen molar-refractivity contribution in [3.63, 3.8) is 0 Å². The second-order valence-electron chi connectivity index (χ2n) is 3.50. The quantitative estimate of drug-likeness (QED) is 0.815. The number of hydrogen-bond acceptors (Lipinski definition) is 2. The number of anilines is 1. The molecule has 0 saturated heterocycles. The van der Waals surface area contributed by atoms with Crippen molar-refractivity contribution in [2.45, 2.75) is 20.3 Å². The molecule has 0 fully saturated rings. The van der Waals surface area contributed by atoms with Crippen molar-refractivity contribution in [2.24, 2.45) is 0 Å². The van der Waals surface area contributed by atoms with E-state index in [4.69, 9.17) is 4.42 Å². The molecule has 3 nitrogen and oxygen atoms in total. The van der Waals surface area contributed by atoms with Crippen molar-refractivity contribution in [1.29, 1.82) is 0 Å². The van der Waals surface area contributed by atoms with E-state index < -0.39 is 0 Å². The van der Waals surface area contributed by atoms with E-state index in [1.165, 1.54) is 6.92 Å². The fraction of sp³-hybridized carbons (Fsp3) is 0.250. The first-order valence-electron chi connectivity index (χ1n) is 4.99. The molecule has 0 aliphatic carbocycles. The molecule has 0 bridgehead atoms. The number of carbonyl (C=O) groups excluding carboxylic acids is 1. The maximum atomic E-state index is 10.9. The Morgan fingerprint density at radius 2 is 2.20 bits per heavy atom. The van der Waals surface area contributed by atoms with Gasteiger partial charge in [0.15, 0.2) is 0 Å². The third kappa shape index (κ3) is 2.01. The average Bonchev–Trinajstić information content (AvgIpc) is 2.58. The monoisotopic (exact) mass is 203 g/mol. The molecule has 0 aliphatic rings. The summed E-state index contributed by atoms with van der Waals surface area (Å²) in [6, 6.07) is 7.63. The van der Waals surface area contributed by atoms with Gasteiger partial charge in [-0.05, 0) is 24.3 Å². The van der Waals surface area contributed by atoms with Crippen molar-refractivity contribution in [1.82, 2.24) is 0 Å². The van der Waals surface area contributed by atoms with Crippen LogP contribution in [0.15, 0.2) is 28.7 Å². The first kappa shape index (κ1) is 9.77. The molecule has 78 valence electrons. The van der Waals surface area contributed by atoms with Gasteiger partial charge < -0.3 is 9.73 Å². The molecule has 0 saturated carbocycles. The lowest BCUT2D eigenvalue weighted by Crippen LogP contribution is -2.05. The van der Waals surface area contributed by atoms with E-state index in [2.05, 4.69) is 5.32 Å². The van der Waals surface area contributed by atoms with E-state index in [0.29, 0.717) is 0 Å². The van der Waals surface area contributed by atoms with Gasteiger partial charge in [0.05, 0.1) is 0 Å². The minimum atomic E-state index is -0.0615. The predicted molar refractivity (Wildman–Crippen MR) is 59.9 cm³/mol. The highest BCUT2D eigenvalue weighted by Crippen LogP contribution is 2.23. The number of furan rings is 1. The zero-order valence-corrected chi connectivity index (χ0v) is 8.83. The third-order valence-corrected chi connectivity index (χ3v) is 2.24. The van der Waals surface area contributed by atoms with Crippen LogP contribution < -0.4 is 5.32 Å². The molecule has 1 amide bonds. The first-order chi connectivity index (χ1) is 7.19. The van der Waals surface area contributed by atoms with E-state index >= 15 is 0 Å². The number of carbonyl (C=O) groups is 1. The van der Waals surface area contributed by atoms with E-state index in [1.807, 2.05) is 31.2 Å². The largest absolute Gasteiger partial charge is 0.461 e. The summed E-state index contributed by atoms with van der Waals surface area (Å²) in [7, 11) is 0. The molecule has 0 radical (unpaired) electrons. The molecule has 1 aromatic heterocycles. The lowest BCUT2D eigenvalue weighted by Gasteiger charge is -2.00. The standard InChI is InChI=1S/C12H13NO2/c1-3-11-7-9-6-10(13-8(2)14)4-5-12(9)15-11/h4-7H,3H2,1-2H3,(H,13,14). The van der Waals surface area contributed by atoms with Crippen molar-refractivity contribution in [2.75, 3.05) is 5.32 Å². The number of rotatable bonds is 2. The van der Waals surface area contributed by atoms with Crippen LogP contribution in [0.3, 0.4) is 0 Å². The molecule has 2 rings (SSSR count). The zero-order chi connectivity index (χ0) is 10.8. The second-order valence-corrected chi connectivity index (χ2v) is 3.50. The van der Waals surface area contributed by atoms with Crippen molar-refractivity contribution >= 4 is 22.6 Å². The van der Waals surface area contributed by atoms with E-state index in [0.717, 1.165) is 28.8 Å². The summed E-state index contributed by atoms with van der Waals surface area (Å²) in [4.78, 5) is 10.9. The maximum absolute atomic E-state index is 10.9. The van der Waals surface area contributed by atoms with Gasteiger partial charge in [0.2, 0.25) is 5.91 Å². The molecule has 0 spiro atoms. The summed E-state index contributed by atoms with van der Waals surface area (Å²) in [5.74, 6) is 0.901. The van der Waals surface area contributed by atoms with Crippen LogP contribution >= 0.6 is 0 Å². The van der Waals surface area contributed by atoms with Gasteiger partial charge in [-0.15, -0.1) is 0 Å². The number of amides is 1. The summed E-state index contributed by atoms with van der Waals surface area (Å²) in [5.41, 5.74) is 1.67. The van der Waals surface area contributed by atoms with Crippen molar-refractivity contribution in [3.8, 4) is 0 Å². The Balaban J connectivity index is 2.41. The van der Waals surface area contributed by atoms with E-state index in [1.54, 1.807) is 0 Å². The van der Waals surface area contributed by atoms with Crippen LogP contribution in [-0.4, -0.2) is 5.91 Å². The lowest BCUT2D eigenvalue weighted by molar-refractivity contribution is -0.114. The molecule has 2 aromatic rings. The van der Waals surface area contributed by atoms with Gasteiger partial charge in [0, 0.05) is 24.4 Å². The molecule has 3 heteroatoms. The first-order valence-corrected chi connectivity index (χ1v) is 4.99. The van der Waals surface area contributed by atoms with Crippen LogP contribution in [0.5, 0.6) is 0 Å². The van der Waals surface area contributed by atoms with Gasteiger partial charge in [-0.25, -0.2) is 0 Å². The summed E-state index contributed by atoms with van der Waals surface area (Å²) in [6.45, 7) is 3.55. The van der Waals surface area contributed by atoms with Gasteiger partial charge in [-0.3, -0.25) is 4.79 Å². The SMILES string of the molecule is CCc1cc2cc(NC(C)=O)ccc2o1. The molecule has 0 unspecified atom stereocenters. The van der Waals surface area contributed by atoms with Crippen molar-refractivity contribution < 1.29 is 9.21 Å². The van der Waals surface area contributed by atoms with Gasteiger partial charge in [0.1, 0.15) is 11.3 Å². The van der Waals surface area contributed by atoms with Gasteiger partial charge >= 0.3 is 0 Å². The maximum Gasteiger partial charge on any atom is 0.221 e. The summed E-state index contributed by atoms with van der Waals surface area (Å²) >= 11 is 0. The molecule has 1 aromatic carbocycles. The van der Waals surface area contributed by atoms with E-state index in [-0.39, 0.29) is 5.91 Å². The Labute approximate surface area is 88.1 Å². The second kappa shape index (κ2) is 3.77. The van der Waals surface area contributed by atoms with E-state index in [9.17, 15) is 4.79 Å². The Morgan fingerprint density at radius 1 is 1.40 bits per heavy atom. The number of hydrogen-bond donors (Lipinski definition) is 1. The smallest absolute Gasteiger partial charge is 0.221 e. The van der Waals surface area contributed by atoms with Crippen LogP contribution in [0.1, 0.15) is 19.6 Å². The Bertz CT molecular complexity index is 499. The third-order valence-electron chi connectivity index (χ3n) is 2.24. The highest BCUT2D eigenvalue weighted by molar-refractivity contribution is 5.92. The van der Waals surface area contributed by atoms with Gasteiger partial charge in [-0.2, -0.15) is 0 Å². The predicted octanol–water partition coefficient (Wildman–Crippen LogP) is 2.95. The molecule has 0 atom stereocenters. The molecular weight excluding hydrogens is 190 g/mol. The molecule has 1 heterocycles. The molecule has 15 heavy (non-hydrogen) atoms. The number of benzene rings is 1. The Morgan fingerprint density at radius 3 is 2.87 bits per heavy atom. The number of aryl methyl sites for hydroxylation is 1. The minimum absolute atomic E-state index is 0.0615. The fourth-order valence-corrected chi connectivity index (χ4v) is 1.55. The van der Waals surface area contributed by atoms with Crippen LogP contribution in [0, 0.1) is 0 Å². The summed E-state index contributed by atoms with van der Waals surface area (Å²) in [5, 5.41) is 3.77. The normalized spacial score (nSPS) is 10.5. The van der Waals surface area contributed by atoms with Crippen LogP contribution in [0.25, 0.3) is 11.0 Å². The Hall–Kier alpha value is -1.77. The Kier molecular flexibility index (Phi) is 2.46. The topological polar surface area (TPSA) is 42.2 Å². The minimum Gasteiger partial charge on any atom is -0.461 e. The summed E-state index contributed by atoms with van der Waals surface area (Å²) < 4.78 is 5.56. The lowest BCUT2D eigenvalue weighted by atomic mass is 10.2. The van der Waals surface area contributed by atoms with Gasteiger partial charge in [-0.1, -0.05) is 6.92 Å². The number of nitrogens with one attached hydrogen (secondary N) is 1. The van der Waals surface area contributed by atoms with Crippen LogP contribution in [-0.2, 0) is 11.2 Å². The van der Waals surface area contributed by atoms with Crippen LogP contribution in [0.4, 0.5) is 5.69 Å². The number of fused-ring (bicyclic) bond motifs is 1. The molecule has 1 N–H and O–H groups in total. The molecule has 0 aliphatic heterocycles. The molecular formula is C12H13NO2. The highest BCUT2D eigenvalue weighted by Gasteiger charge is 2.03. The zero-order valence-electron chi connectivity index (χ0n) is 8.83. The average molecular weight is 203 g/mol. The van der Waals surface area contributed by atoms with Crippen molar-refractivity contribution in [3.05, 3.63) is 30.0 Å².